The van der Waals surface area contributed by atoms with Gasteiger partial charge in [0.2, 0.25) is 0 Å². The van der Waals surface area contributed by atoms with Gasteiger partial charge in [0.05, 0.1) is 13.2 Å². The van der Waals surface area contributed by atoms with Gasteiger partial charge in [-0.15, -0.1) is 0 Å². The van der Waals surface area contributed by atoms with Crippen LogP contribution in [0.1, 0.15) is 5.56 Å². The Morgan fingerprint density at radius 3 is 2.37 bits per heavy atom. The number of aliphatic hydroxyl groups is 4. The van der Waals surface area contributed by atoms with Crippen LogP contribution in [0.2, 0.25) is 0 Å². The maximum absolute atomic E-state index is 9.86. The first-order valence-corrected chi connectivity index (χ1v) is 6.09. The second-order valence-electron chi connectivity index (χ2n) is 4.49. The van der Waals surface area contributed by atoms with Crippen LogP contribution in [0.3, 0.4) is 0 Å². The summed E-state index contributed by atoms with van der Waals surface area (Å²) < 4.78 is 10.4. The summed E-state index contributed by atoms with van der Waals surface area (Å²) in [6, 6.07) is 9.25. The van der Waals surface area contributed by atoms with Crippen molar-refractivity contribution < 1.29 is 29.9 Å². The Labute approximate surface area is 110 Å². The number of hydrogen-bond donors (Lipinski definition) is 4. The van der Waals surface area contributed by atoms with Crippen molar-refractivity contribution in [1.29, 1.82) is 0 Å². The Bertz CT molecular complexity index is 384. The predicted molar refractivity (Wildman–Crippen MR) is 65.0 cm³/mol. The fourth-order valence-corrected chi connectivity index (χ4v) is 2.02. The fraction of sp³-hybridized carbons (Fsp3) is 0.538. The molecular formula is C13H18O6. The maximum atomic E-state index is 9.86. The molecule has 1 saturated heterocycles. The third kappa shape index (κ3) is 3.30. The van der Waals surface area contributed by atoms with Gasteiger partial charge in [0.25, 0.3) is 0 Å². The summed E-state index contributed by atoms with van der Waals surface area (Å²) in [5, 5.41) is 38.2. The quantitative estimate of drug-likeness (QED) is 0.560. The highest BCUT2D eigenvalue weighted by Crippen LogP contribution is 2.23. The van der Waals surface area contributed by atoms with Crippen LogP contribution in [0.4, 0.5) is 0 Å². The van der Waals surface area contributed by atoms with Crippen LogP contribution in [0.15, 0.2) is 30.3 Å². The molecular weight excluding hydrogens is 252 g/mol. The summed E-state index contributed by atoms with van der Waals surface area (Å²) in [7, 11) is 0. The van der Waals surface area contributed by atoms with Crippen LogP contribution in [0, 0.1) is 0 Å². The Balaban J connectivity index is 1.96. The molecule has 1 unspecified atom stereocenters. The molecule has 1 aliphatic rings. The van der Waals surface area contributed by atoms with Gasteiger partial charge in [-0.2, -0.15) is 0 Å². The molecule has 0 amide bonds. The van der Waals surface area contributed by atoms with Crippen molar-refractivity contribution in [1.82, 2.24) is 0 Å². The molecule has 4 N–H and O–H groups in total. The van der Waals surface area contributed by atoms with E-state index in [0.717, 1.165) is 5.56 Å². The zero-order valence-electron chi connectivity index (χ0n) is 10.3. The number of hydrogen-bond acceptors (Lipinski definition) is 6. The van der Waals surface area contributed by atoms with Gasteiger partial charge in [-0.1, -0.05) is 30.3 Å². The first-order valence-electron chi connectivity index (χ1n) is 6.09. The van der Waals surface area contributed by atoms with Crippen molar-refractivity contribution in [3.63, 3.8) is 0 Å². The Morgan fingerprint density at radius 2 is 1.74 bits per heavy atom. The minimum atomic E-state index is -1.39. The highest BCUT2D eigenvalue weighted by Gasteiger charge is 2.44. The van der Waals surface area contributed by atoms with Gasteiger partial charge in [0, 0.05) is 0 Å². The average molecular weight is 270 g/mol. The van der Waals surface area contributed by atoms with E-state index >= 15 is 0 Å². The van der Waals surface area contributed by atoms with E-state index < -0.39 is 37.3 Å². The third-order valence-electron chi connectivity index (χ3n) is 3.13. The molecule has 5 atom stereocenters. The summed E-state index contributed by atoms with van der Waals surface area (Å²) >= 11 is 0. The molecule has 2 rings (SSSR count). The van der Waals surface area contributed by atoms with E-state index in [1.165, 1.54) is 0 Å². The van der Waals surface area contributed by atoms with Crippen molar-refractivity contribution in [2.75, 3.05) is 6.61 Å². The first-order chi connectivity index (χ1) is 9.13. The lowest BCUT2D eigenvalue weighted by atomic mass is 9.99. The lowest BCUT2D eigenvalue weighted by Gasteiger charge is -2.39. The minimum absolute atomic E-state index is 0.180. The van der Waals surface area contributed by atoms with E-state index in [9.17, 15) is 15.3 Å². The fourth-order valence-electron chi connectivity index (χ4n) is 2.02. The summed E-state index contributed by atoms with van der Waals surface area (Å²) in [6.07, 6.45) is -6.07. The molecule has 6 nitrogen and oxygen atoms in total. The second-order valence-corrected chi connectivity index (χ2v) is 4.49. The normalized spacial score (nSPS) is 35.3. The Kier molecular flexibility index (Phi) is 4.87. The SMILES string of the molecule is OC[C@@H]1OC(O)[C@@H](OCc2ccccc2)[C@@H](O)[C@@H]1O. The second kappa shape index (κ2) is 6.42. The first kappa shape index (κ1) is 14.4. The number of benzene rings is 1. The van der Waals surface area contributed by atoms with Crippen LogP contribution in [0.5, 0.6) is 0 Å². The van der Waals surface area contributed by atoms with E-state index in [4.69, 9.17) is 14.6 Å². The van der Waals surface area contributed by atoms with Gasteiger partial charge in [-0.3, -0.25) is 0 Å². The van der Waals surface area contributed by atoms with Gasteiger partial charge < -0.3 is 29.9 Å². The van der Waals surface area contributed by atoms with E-state index in [1.807, 2.05) is 30.3 Å². The molecule has 0 radical (unpaired) electrons. The maximum Gasteiger partial charge on any atom is 0.184 e. The molecule has 1 fully saturated rings. The van der Waals surface area contributed by atoms with E-state index in [-0.39, 0.29) is 6.61 Å². The number of aliphatic hydroxyl groups excluding tert-OH is 4. The molecule has 1 aliphatic heterocycles. The van der Waals surface area contributed by atoms with Crippen molar-refractivity contribution in [3.8, 4) is 0 Å². The van der Waals surface area contributed by atoms with E-state index in [1.54, 1.807) is 0 Å². The minimum Gasteiger partial charge on any atom is -0.394 e. The van der Waals surface area contributed by atoms with Crippen LogP contribution in [-0.2, 0) is 16.1 Å². The largest absolute Gasteiger partial charge is 0.394 e. The molecule has 0 saturated carbocycles. The third-order valence-corrected chi connectivity index (χ3v) is 3.13. The Morgan fingerprint density at radius 1 is 1.05 bits per heavy atom. The van der Waals surface area contributed by atoms with Crippen LogP contribution in [-0.4, -0.2) is 57.7 Å². The van der Waals surface area contributed by atoms with E-state index in [2.05, 4.69) is 0 Å². The molecule has 0 aliphatic carbocycles. The topological polar surface area (TPSA) is 99.4 Å². The zero-order valence-corrected chi connectivity index (χ0v) is 10.3. The van der Waals surface area contributed by atoms with Gasteiger partial charge in [0.1, 0.15) is 24.4 Å². The van der Waals surface area contributed by atoms with Gasteiger partial charge in [-0.05, 0) is 5.56 Å². The number of rotatable bonds is 4. The van der Waals surface area contributed by atoms with Crippen molar-refractivity contribution in [2.24, 2.45) is 0 Å². The molecule has 0 spiro atoms. The van der Waals surface area contributed by atoms with Gasteiger partial charge >= 0.3 is 0 Å². The zero-order chi connectivity index (χ0) is 13.8. The molecule has 0 bridgehead atoms. The van der Waals surface area contributed by atoms with Crippen LogP contribution >= 0.6 is 0 Å². The van der Waals surface area contributed by atoms with Gasteiger partial charge in [0.15, 0.2) is 6.29 Å². The molecule has 1 aromatic rings. The highest BCUT2D eigenvalue weighted by atomic mass is 16.7. The standard InChI is InChI=1S/C13H18O6/c14-6-9-10(15)11(16)12(13(17)19-9)18-7-8-4-2-1-3-5-8/h1-5,9-17H,6-7H2/t9-,10+,11-,12-,13?/m0/s1. The summed E-state index contributed by atoms with van der Waals surface area (Å²) in [6.45, 7) is -0.305. The predicted octanol–water partition coefficient (Wildman–Crippen LogP) is -0.997. The van der Waals surface area contributed by atoms with Crippen molar-refractivity contribution in [3.05, 3.63) is 35.9 Å². The number of ether oxygens (including phenoxy) is 2. The van der Waals surface area contributed by atoms with Crippen molar-refractivity contribution >= 4 is 0 Å². The molecule has 19 heavy (non-hydrogen) atoms. The van der Waals surface area contributed by atoms with Crippen LogP contribution in [0.25, 0.3) is 0 Å². The van der Waals surface area contributed by atoms with E-state index in [0.29, 0.717) is 0 Å². The lowest BCUT2D eigenvalue weighted by Crippen LogP contribution is -2.59. The molecule has 1 heterocycles. The Hall–Kier alpha value is -1.02. The summed E-state index contributed by atoms with van der Waals surface area (Å²) in [5.41, 5.74) is 0.876. The highest BCUT2D eigenvalue weighted by molar-refractivity contribution is 5.13. The molecule has 0 aromatic heterocycles. The smallest absolute Gasteiger partial charge is 0.184 e. The molecule has 1 aromatic carbocycles. The lowest BCUT2D eigenvalue weighted by molar-refractivity contribution is -0.298. The molecule has 6 heteroatoms. The summed E-state index contributed by atoms with van der Waals surface area (Å²) in [5.74, 6) is 0. The average Bonchev–Trinajstić information content (AvgIpc) is 2.44. The molecule has 106 valence electrons. The van der Waals surface area contributed by atoms with Crippen LogP contribution < -0.4 is 0 Å². The van der Waals surface area contributed by atoms with Crippen molar-refractivity contribution in [2.45, 2.75) is 37.3 Å². The monoisotopic (exact) mass is 270 g/mol. The van der Waals surface area contributed by atoms with Gasteiger partial charge in [-0.25, -0.2) is 0 Å². The summed E-state index contributed by atoms with van der Waals surface area (Å²) in [4.78, 5) is 0.